The largest absolute Gasteiger partial charge is 0.342 e. The lowest BCUT2D eigenvalue weighted by atomic mass is 9.88. The molecule has 3 amide bonds. The molecule has 30 heavy (non-hydrogen) atoms. The molecule has 5 N–H and O–H groups in total. The van der Waals surface area contributed by atoms with E-state index in [1.807, 2.05) is 29.6 Å². The third-order valence-electron chi connectivity index (χ3n) is 5.48. The van der Waals surface area contributed by atoms with Crippen LogP contribution in [0, 0.1) is 0 Å². The first-order valence-electron chi connectivity index (χ1n) is 10.1. The Hall–Kier alpha value is -2.49. The number of piperidine rings is 1. The lowest BCUT2D eigenvalue weighted by molar-refractivity contribution is -0.138. The summed E-state index contributed by atoms with van der Waals surface area (Å²) in [5, 5.41) is 11.8. The molecule has 0 unspecified atom stereocenters. The molecule has 0 aliphatic carbocycles. The first-order valence-corrected chi connectivity index (χ1v) is 10.9. The second-order valence-electron chi connectivity index (χ2n) is 7.82. The Morgan fingerprint density at radius 3 is 2.67 bits per heavy atom. The molecule has 2 aromatic rings. The van der Waals surface area contributed by atoms with E-state index in [2.05, 4.69) is 16.0 Å². The Labute approximate surface area is 180 Å². The molecule has 0 spiro atoms. The van der Waals surface area contributed by atoms with Gasteiger partial charge in [-0.05, 0) is 48.3 Å². The summed E-state index contributed by atoms with van der Waals surface area (Å²) in [5.41, 5.74) is 6.37. The molecular formula is C21H29N5O3S. The molecule has 9 heteroatoms. The van der Waals surface area contributed by atoms with Gasteiger partial charge < -0.3 is 26.6 Å². The molecule has 0 bridgehead atoms. The third kappa shape index (κ3) is 5.16. The van der Waals surface area contributed by atoms with Crippen LogP contribution in [-0.2, 0) is 20.8 Å². The van der Waals surface area contributed by atoms with Crippen molar-refractivity contribution in [2.75, 3.05) is 26.8 Å². The first-order chi connectivity index (χ1) is 14.3. The number of thiophene rings is 1. The van der Waals surface area contributed by atoms with Gasteiger partial charge in [-0.25, -0.2) is 0 Å². The van der Waals surface area contributed by atoms with Gasteiger partial charge in [0.1, 0.15) is 6.04 Å². The molecule has 1 aromatic heterocycles. The quantitative estimate of drug-likeness (QED) is 0.478. The van der Waals surface area contributed by atoms with Crippen molar-refractivity contribution in [3.05, 3.63) is 35.2 Å². The molecule has 2 heterocycles. The van der Waals surface area contributed by atoms with Gasteiger partial charge in [-0.2, -0.15) is 0 Å². The van der Waals surface area contributed by atoms with Gasteiger partial charge in [-0.3, -0.25) is 14.4 Å². The van der Waals surface area contributed by atoms with Crippen LogP contribution in [0.25, 0.3) is 10.1 Å². The van der Waals surface area contributed by atoms with Crippen molar-refractivity contribution in [2.24, 2.45) is 5.73 Å². The molecular weight excluding hydrogens is 402 g/mol. The van der Waals surface area contributed by atoms with E-state index in [1.165, 1.54) is 11.8 Å². The van der Waals surface area contributed by atoms with Crippen molar-refractivity contribution in [3.63, 3.8) is 0 Å². The van der Waals surface area contributed by atoms with Crippen LogP contribution in [0.4, 0.5) is 0 Å². The van der Waals surface area contributed by atoms with Gasteiger partial charge in [-0.1, -0.05) is 18.2 Å². The molecule has 162 valence electrons. The normalized spacial score (nSPS) is 16.6. The second-order valence-corrected chi connectivity index (χ2v) is 8.73. The minimum atomic E-state index is -0.989. The predicted molar refractivity (Wildman–Crippen MR) is 118 cm³/mol. The van der Waals surface area contributed by atoms with Crippen molar-refractivity contribution in [1.82, 2.24) is 20.9 Å². The highest BCUT2D eigenvalue weighted by Gasteiger charge is 2.38. The predicted octanol–water partition coefficient (Wildman–Crippen LogP) is 0.562. The van der Waals surface area contributed by atoms with Crippen molar-refractivity contribution >= 4 is 39.1 Å². The van der Waals surface area contributed by atoms with Crippen molar-refractivity contribution < 1.29 is 14.4 Å². The number of fused-ring (bicyclic) bond motifs is 1. The van der Waals surface area contributed by atoms with Gasteiger partial charge in [0, 0.05) is 25.1 Å². The number of hydrogen-bond donors (Lipinski definition) is 4. The molecule has 0 saturated carbocycles. The zero-order valence-corrected chi connectivity index (χ0v) is 18.2. The number of carbonyl (C=O) groups is 3. The maximum Gasteiger partial charge on any atom is 0.246 e. The summed E-state index contributed by atoms with van der Waals surface area (Å²) < 4.78 is 1.13. The number of likely N-dealkylation sites (N-methyl/N-ethyl adjacent to an activating group) is 1. The molecule has 1 aliphatic rings. The fourth-order valence-corrected chi connectivity index (χ4v) is 4.56. The van der Waals surface area contributed by atoms with Gasteiger partial charge >= 0.3 is 0 Å². The van der Waals surface area contributed by atoms with E-state index in [0.717, 1.165) is 15.6 Å². The second kappa shape index (κ2) is 9.55. The molecule has 8 nitrogen and oxygen atoms in total. The Bertz CT molecular complexity index is 922. The van der Waals surface area contributed by atoms with E-state index >= 15 is 0 Å². The summed E-state index contributed by atoms with van der Waals surface area (Å²) in [6.45, 7) is 2.80. The van der Waals surface area contributed by atoms with Gasteiger partial charge in [0.25, 0.3) is 0 Å². The minimum Gasteiger partial charge on any atom is -0.342 e. The number of rotatable bonds is 7. The van der Waals surface area contributed by atoms with Gasteiger partial charge in [0.15, 0.2) is 0 Å². The monoisotopic (exact) mass is 431 g/mol. The highest BCUT2D eigenvalue weighted by Crippen LogP contribution is 2.27. The molecule has 3 rings (SSSR count). The van der Waals surface area contributed by atoms with Crippen LogP contribution >= 0.6 is 11.3 Å². The van der Waals surface area contributed by atoms with E-state index < -0.39 is 11.6 Å². The average Bonchev–Trinajstić information content (AvgIpc) is 3.14. The zero-order valence-electron chi connectivity index (χ0n) is 17.4. The Kier molecular flexibility index (Phi) is 7.06. The minimum absolute atomic E-state index is 0.0720. The van der Waals surface area contributed by atoms with Gasteiger partial charge in [0.2, 0.25) is 17.7 Å². The first kappa shape index (κ1) is 22.2. The van der Waals surface area contributed by atoms with Crippen LogP contribution in [0.1, 0.15) is 25.3 Å². The number of nitrogens with two attached hydrogens (primary N) is 1. The van der Waals surface area contributed by atoms with Crippen molar-refractivity contribution in [3.8, 4) is 0 Å². The van der Waals surface area contributed by atoms with Crippen LogP contribution in [0.15, 0.2) is 29.6 Å². The Morgan fingerprint density at radius 1 is 1.27 bits per heavy atom. The van der Waals surface area contributed by atoms with Gasteiger partial charge in [-0.15, -0.1) is 11.3 Å². The van der Waals surface area contributed by atoms with Crippen LogP contribution in [0.5, 0.6) is 0 Å². The number of amides is 3. The fraction of sp³-hybridized carbons (Fsp3) is 0.476. The SMILES string of the molecule is CC(=O)NCN(C)C(=O)[C@@H](Cc1csc2ccccc12)NC(=O)C1(N)CCNCC1. The van der Waals surface area contributed by atoms with Crippen molar-refractivity contribution in [1.29, 1.82) is 0 Å². The summed E-state index contributed by atoms with van der Waals surface area (Å²) in [4.78, 5) is 38.8. The van der Waals surface area contributed by atoms with Crippen LogP contribution in [0.3, 0.4) is 0 Å². The summed E-state index contributed by atoms with van der Waals surface area (Å²) in [6, 6.07) is 7.21. The number of hydrogen-bond acceptors (Lipinski definition) is 6. The number of benzene rings is 1. The van der Waals surface area contributed by atoms with E-state index in [0.29, 0.717) is 32.4 Å². The maximum absolute atomic E-state index is 13.2. The summed E-state index contributed by atoms with van der Waals surface area (Å²) in [6.07, 6.45) is 1.39. The van der Waals surface area contributed by atoms with Crippen LogP contribution in [-0.4, -0.2) is 61.0 Å². The number of carbonyl (C=O) groups excluding carboxylic acids is 3. The summed E-state index contributed by atoms with van der Waals surface area (Å²) in [5.74, 6) is -0.811. The topological polar surface area (TPSA) is 117 Å². The number of nitrogens with zero attached hydrogens (tertiary/aromatic N) is 1. The molecule has 1 aromatic carbocycles. The molecule has 1 aliphatic heterocycles. The van der Waals surface area contributed by atoms with Crippen molar-refractivity contribution in [2.45, 2.75) is 37.8 Å². The zero-order chi connectivity index (χ0) is 21.7. The fourth-order valence-electron chi connectivity index (χ4n) is 3.59. The molecule has 0 radical (unpaired) electrons. The molecule has 1 fully saturated rings. The van der Waals surface area contributed by atoms with E-state index in [9.17, 15) is 14.4 Å². The molecule has 1 atom stereocenters. The smallest absolute Gasteiger partial charge is 0.246 e. The lowest BCUT2D eigenvalue weighted by Gasteiger charge is -2.34. The van der Waals surface area contributed by atoms with Gasteiger partial charge in [0.05, 0.1) is 12.2 Å². The summed E-state index contributed by atoms with van der Waals surface area (Å²) >= 11 is 1.61. The maximum atomic E-state index is 13.2. The van der Waals surface area contributed by atoms with E-state index in [-0.39, 0.29) is 24.4 Å². The summed E-state index contributed by atoms with van der Waals surface area (Å²) in [7, 11) is 1.60. The third-order valence-corrected chi connectivity index (χ3v) is 6.49. The Balaban J connectivity index is 1.81. The average molecular weight is 432 g/mol. The highest BCUT2D eigenvalue weighted by molar-refractivity contribution is 7.17. The van der Waals surface area contributed by atoms with Crippen LogP contribution in [0.2, 0.25) is 0 Å². The van der Waals surface area contributed by atoms with E-state index in [1.54, 1.807) is 18.4 Å². The number of nitrogens with one attached hydrogen (secondary N) is 3. The standard InChI is InChI=1S/C21H29N5O3S/c1-14(27)24-13-26(2)19(28)17(25-20(29)21(22)7-9-23-10-8-21)11-15-12-30-18-6-4-3-5-16(15)18/h3-6,12,17,23H,7-11,13,22H2,1-2H3,(H,24,27)(H,25,29)/t17-/m1/s1. The highest BCUT2D eigenvalue weighted by atomic mass is 32.1. The lowest BCUT2D eigenvalue weighted by Crippen LogP contribution is -2.62. The van der Waals surface area contributed by atoms with E-state index in [4.69, 9.17) is 5.73 Å². The Morgan fingerprint density at radius 2 is 1.97 bits per heavy atom. The molecule has 1 saturated heterocycles. The van der Waals surface area contributed by atoms with Crippen LogP contribution < -0.4 is 21.7 Å².